The van der Waals surface area contributed by atoms with Gasteiger partial charge in [0.25, 0.3) is 0 Å². The summed E-state index contributed by atoms with van der Waals surface area (Å²) in [6.07, 6.45) is 0.295. The number of β-amino-alcohol motifs (C(OH)–C–C–N with tert-alkyl or cyclic N) is 1. The van der Waals surface area contributed by atoms with E-state index in [1.807, 2.05) is 35.2 Å². The van der Waals surface area contributed by atoms with E-state index in [0.717, 1.165) is 29.4 Å². The predicted molar refractivity (Wildman–Crippen MR) is 97.5 cm³/mol. The average molecular weight is 338 g/mol. The number of benzene rings is 2. The van der Waals surface area contributed by atoms with Gasteiger partial charge in [0.1, 0.15) is 11.3 Å². The molecule has 0 radical (unpaired) electrons. The van der Waals surface area contributed by atoms with Crippen molar-refractivity contribution in [2.24, 2.45) is 0 Å². The molecular weight excluding hydrogens is 316 g/mol. The van der Waals surface area contributed by atoms with Gasteiger partial charge in [-0.25, -0.2) is 0 Å². The Morgan fingerprint density at radius 1 is 1.04 bits per heavy atom. The highest BCUT2D eigenvalue weighted by Crippen LogP contribution is 2.28. The fourth-order valence-electron chi connectivity index (χ4n) is 3.56. The van der Waals surface area contributed by atoms with E-state index in [1.54, 1.807) is 0 Å². The highest BCUT2D eigenvalue weighted by molar-refractivity contribution is 6.06. The summed E-state index contributed by atoms with van der Waals surface area (Å²) in [4.78, 5) is 16.6. The Kier molecular flexibility index (Phi) is 4.42. The maximum atomic E-state index is 12.6. The normalized spacial score (nSPS) is 16.0. The van der Waals surface area contributed by atoms with E-state index >= 15 is 0 Å². The highest BCUT2D eigenvalue weighted by atomic mass is 16.3. The summed E-state index contributed by atoms with van der Waals surface area (Å²) in [6.45, 7) is 3.90. The summed E-state index contributed by atoms with van der Waals surface area (Å²) in [5.74, 6) is 0.821. The molecule has 0 bridgehead atoms. The maximum absolute atomic E-state index is 12.6. The number of rotatable bonds is 4. The quantitative estimate of drug-likeness (QED) is 0.793. The SMILES string of the molecule is O=C(Cc1cc2c(ccc3ccccc32)o1)N1CCN(CCO)CC1. The Morgan fingerprint density at radius 2 is 1.84 bits per heavy atom. The third kappa shape index (κ3) is 3.25. The van der Waals surface area contributed by atoms with Gasteiger partial charge in [0, 0.05) is 38.1 Å². The molecule has 0 saturated carbocycles. The van der Waals surface area contributed by atoms with Crippen LogP contribution < -0.4 is 0 Å². The summed E-state index contributed by atoms with van der Waals surface area (Å²) in [5, 5.41) is 12.4. The molecule has 0 spiro atoms. The number of furan rings is 1. The molecule has 2 aromatic carbocycles. The summed E-state index contributed by atoms with van der Waals surface area (Å²) < 4.78 is 5.91. The van der Waals surface area contributed by atoms with Crippen LogP contribution in [0.2, 0.25) is 0 Å². The molecule has 3 aromatic rings. The second kappa shape index (κ2) is 6.86. The van der Waals surface area contributed by atoms with Crippen molar-refractivity contribution in [2.45, 2.75) is 6.42 Å². The molecule has 130 valence electrons. The lowest BCUT2D eigenvalue weighted by molar-refractivity contribution is -0.132. The van der Waals surface area contributed by atoms with Gasteiger partial charge < -0.3 is 14.4 Å². The van der Waals surface area contributed by atoms with Crippen molar-refractivity contribution >= 4 is 27.6 Å². The largest absolute Gasteiger partial charge is 0.461 e. The topological polar surface area (TPSA) is 56.9 Å². The number of piperazine rings is 1. The first-order valence-electron chi connectivity index (χ1n) is 8.76. The third-order valence-electron chi connectivity index (χ3n) is 4.94. The van der Waals surface area contributed by atoms with Crippen molar-refractivity contribution in [1.82, 2.24) is 9.80 Å². The standard InChI is InChI=1S/C20H22N2O3/c23-12-11-21-7-9-22(10-8-21)20(24)14-16-13-18-17-4-2-1-3-15(17)5-6-19(18)25-16/h1-6,13,23H,7-12,14H2. The summed E-state index contributed by atoms with van der Waals surface area (Å²) in [7, 11) is 0. The zero-order chi connectivity index (χ0) is 17.2. The fourth-order valence-corrected chi connectivity index (χ4v) is 3.56. The molecule has 1 aliphatic heterocycles. The third-order valence-corrected chi connectivity index (χ3v) is 4.94. The molecular formula is C20H22N2O3. The number of carbonyl (C=O) groups excluding carboxylic acids is 1. The lowest BCUT2D eigenvalue weighted by Gasteiger charge is -2.34. The lowest BCUT2D eigenvalue weighted by atomic mass is 10.1. The monoisotopic (exact) mass is 338 g/mol. The van der Waals surface area contributed by atoms with Gasteiger partial charge in [-0.3, -0.25) is 9.69 Å². The van der Waals surface area contributed by atoms with Gasteiger partial charge in [0.05, 0.1) is 13.0 Å². The Bertz CT molecular complexity index is 894. The van der Waals surface area contributed by atoms with Gasteiger partial charge in [-0.1, -0.05) is 30.3 Å². The van der Waals surface area contributed by atoms with Crippen LogP contribution in [0.25, 0.3) is 21.7 Å². The zero-order valence-electron chi connectivity index (χ0n) is 14.1. The van der Waals surface area contributed by atoms with Gasteiger partial charge in [-0.05, 0) is 22.9 Å². The number of aliphatic hydroxyl groups is 1. The van der Waals surface area contributed by atoms with Crippen LogP contribution in [0.4, 0.5) is 0 Å². The minimum atomic E-state index is 0.104. The van der Waals surface area contributed by atoms with E-state index in [4.69, 9.17) is 9.52 Å². The highest BCUT2D eigenvalue weighted by Gasteiger charge is 2.22. The first kappa shape index (κ1) is 16.1. The number of carbonyl (C=O) groups is 1. The van der Waals surface area contributed by atoms with Gasteiger partial charge in [0.15, 0.2) is 0 Å². The van der Waals surface area contributed by atoms with E-state index in [9.17, 15) is 4.79 Å². The van der Waals surface area contributed by atoms with Crippen molar-refractivity contribution in [1.29, 1.82) is 0 Å². The predicted octanol–water partition coefficient (Wildman–Crippen LogP) is 2.26. The first-order valence-corrected chi connectivity index (χ1v) is 8.76. The minimum Gasteiger partial charge on any atom is -0.461 e. The van der Waals surface area contributed by atoms with Gasteiger partial charge in [0.2, 0.25) is 5.91 Å². The van der Waals surface area contributed by atoms with Crippen molar-refractivity contribution in [3.8, 4) is 0 Å². The maximum Gasteiger partial charge on any atom is 0.230 e. The van der Waals surface area contributed by atoms with Gasteiger partial charge in [-0.2, -0.15) is 0 Å². The molecule has 1 aliphatic rings. The van der Waals surface area contributed by atoms with Crippen LogP contribution in [0, 0.1) is 0 Å². The van der Waals surface area contributed by atoms with Crippen molar-refractivity contribution < 1.29 is 14.3 Å². The average Bonchev–Trinajstić information content (AvgIpc) is 3.05. The molecule has 0 unspecified atom stereocenters. The van der Waals surface area contributed by atoms with Crippen molar-refractivity contribution in [2.75, 3.05) is 39.3 Å². The molecule has 1 aromatic heterocycles. The Balaban J connectivity index is 1.49. The molecule has 1 saturated heterocycles. The number of hydrogen-bond donors (Lipinski definition) is 1. The van der Waals surface area contributed by atoms with Crippen LogP contribution >= 0.6 is 0 Å². The number of aliphatic hydroxyl groups excluding tert-OH is 1. The second-order valence-corrected chi connectivity index (χ2v) is 6.53. The molecule has 0 atom stereocenters. The molecule has 1 N–H and O–H groups in total. The zero-order valence-corrected chi connectivity index (χ0v) is 14.1. The first-order chi connectivity index (χ1) is 12.2. The number of hydrogen-bond acceptors (Lipinski definition) is 4. The van der Waals surface area contributed by atoms with Crippen molar-refractivity contribution in [3.05, 3.63) is 48.2 Å². The van der Waals surface area contributed by atoms with Crippen LogP contribution in [0.5, 0.6) is 0 Å². The Labute approximate surface area is 146 Å². The van der Waals surface area contributed by atoms with Crippen LogP contribution in [0.3, 0.4) is 0 Å². The molecule has 0 aliphatic carbocycles. The summed E-state index contributed by atoms with van der Waals surface area (Å²) in [5.41, 5.74) is 0.828. The second-order valence-electron chi connectivity index (χ2n) is 6.53. The van der Waals surface area contributed by atoms with Crippen LogP contribution in [-0.2, 0) is 11.2 Å². The molecule has 1 amide bonds. The van der Waals surface area contributed by atoms with E-state index < -0.39 is 0 Å². The molecule has 2 heterocycles. The van der Waals surface area contributed by atoms with Crippen LogP contribution in [0.1, 0.15) is 5.76 Å². The van der Waals surface area contributed by atoms with Gasteiger partial charge >= 0.3 is 0 Å². The van der Waals surface area contributed by atoms with E-state index in [-0.39, 0.29) is 12.5 Å². The smallest absolute Gasteiger partial charge is 0.230 e. The number of amides is 1. The fraction of sp³-hybridized carbons (Fsp3) is 0.350. The lowest BCUT2D eigenvalue weighted by Crippen LogP contribution is -2.49. The van der Waals surface area contributed by atoms with Crippen LogP contribution in [0.15, 0.2) is 46.9 Å². The van der Waals surface area contributed by atoms with Crippen LogP contribution in [-0.4, -0.2) is 60.1 Å². The van der Waals surface area contributed by atoms with E-state index in [2.05, 4.69) is 17.0 Å². The molecule has 5 nitrogen and oxygen atoms in total. The summed E-state index contributed by atoms with van der Waals surface area (Å²) in [6, 6.07) is 14.2. The number of nitrogens with zero attached hydrogens (tertiary/aromatic N) is 2. The van der Waals surface area contributed by atoms with Gasteiger partial charge in [-0.15, -0.1) is 0 Å². The summed E-state index contributed by atoms with van der Waals surface area (Å²) >= 11 is 0. The minimum absolute atomic E-state index is 0.104. The number of fused-ring (bicyclic) bond motifs is 3. The molecule has 5 heteroatoms. The Hall–Kier alpha value is -2.37. The molecule has 25 heavy (non-hydrogen) atoms. The van der Waals surface area contributed by atoms with E-state index in [1.165, 1.54) is 5.39 Å². The Morgan fingerprint density at radius 3 is 2.64 bits per heavy atom. The molecule has 4 rings (SSSR count). The van der Waals surface area contributed by atoms with E-state index in [0.29, 0.717) is 31.8 Å². The molecule has 1 fully saturated rings. The van der Waals surface area contributed by atoms with Crippen molar-refractivity contribution in [3.63, 3.8) is 0 Å².